The highest BCUT2D eigenvalue weighted by atomic mass is 16.5. The number of carbonyl (C=O) groups excluding carboxylic acids is 2. The number of nitrogens with zero attached hydrogens (tertiary/aromatic N) is 1. The largest absolute Gasteiger partial charge is 0.481 e. The minimum atomic E-state index is -1.24. The van der Waals surface area contributed by atoms with Gasteiger partial charge in [-0.25, -0.2) is 4.79 Å². The number of ether oxygens (including phenoxy) is 1. The molecule has 0 heterocycles. The summed E-state index contributed by atoms with van der Waals surface area (Å²) in [6.45, 7) is 2.47. The van der Waals surface area contributed by atoms with E-state index in [1.165, 1.54) is 4.90 Å². The molecule has 2 aromatic rings. The number of terminal acetylenes is 1. The van der Waals surface area contributed by atoms with Crippen LogP contribution in [-0.2, 0) is 14.3 Å². The van der Waals surface area contributed by atoms with E-state index in [4.69, 9.17) is 11.2 Å². The Hall–Kier alpha value is -3.79. The summed E-state index contributed by atoms with van der Waals surface area (Å²) in [6.07, 6.45) is 4.22. The Morgan fingerprint density at radius 1 is 1.12 bits per heavy atom. The molecule has 0 radical (unpaired) electrons. The highest BCUT2D eigenvalue weighted by Gasteiger charge is 2.31. The first kappa shape index (κ1) is 22.9. The zero-order chi connectivity index (χ0) is 23.1. The van der Waals surface area contributed by atoms with E-state index < -0.39 is 30.4 Å². The zero-order valence-electron chi connectivity index (χ0n) is 17.9. The van der Waals surface area contributed by atoms with E-state index in [0.29, 0.717) is 13.0 Å². The fraction of sp³-hybridized carbons (Fsp3) is 0.320. The first-order valence-corrected chi connectivity index (χ1v) is 10.5. The first-order chi connectivity index (χ1) is 15.5. The van der Waals surface area contributed by atoms with Gasteiger partial charge in [0.1, 0.15) is 12.6 Å². The summed E-state index contributed by atoms with van der Waals surface area (Å²) >= 11 is 0. The monoisotopic (exact) mass is 434 g/mol. The number of rotatable bonds is 9. The van der Waals surface area contributed by atoms with Crippen LogP contribution in [0.4, 0.5) is 4.79 Å². The number of benzene rings is 2. The molecule has 2 N–H and O–H groups in total. The van der Waals surface area contributed by atoms with Crippen LogP contribution in [0.3, 0.4) is 0 Å². The van der Waals surface area contributed by atoms with Crippen LogP contribution < -0.4 is 5.32 Å². The van der Waals surface area contributed by atoms with Gasteiger partial charge in [-0.2, -0.15) is 0 Å². The lowest BCUT2D eigenvalue weighted by atomic mass is 9.98. The van der Waals surface area contributed by atoms with Crippen molar-refractivity contribution in [3.8, 4) is 23.5 Å². The van der Waals surface area contributed by atoms with Crippen LogP contribution in [0.15, 0.2) is 48.5 Å². The van der Waals surface area contributed by atoms with Crippen molar-refractivity contribution >= 4 is 18.0 Å². The Bertz CT molecular complexity index is 997. The average molecular weight is 434 g/mol. The SMILES string of the molecule is C#CCCN(CC)C(=O)C(CC(=O)O)NC(=O)OCC1c2ccccc2-c2ccccc21. The van der Waals surface area contributed by atoms with Gasteiger partial charge < -0.3 is 20.1 Å². The maximum atomic E-state index is 12.8. The Morgan fingerprint density at radius 3 is 2.25 bits per heavy atom. The number of hydrogen-bond donors (Lipinski definition) is 2. The fourth-order valence-electron chi connectivity index (χ4n) is 4.00. The standard InChI is InChI=1S/C25H26N2O5/c1-3-5-14-27(4-2)24(30)22(15-23(28)29)26-25(31)32-16-21-19-12-8-6-10-17(19)18-11-7-9-13-20(18)21/h1,6-13,21-22H,4-5,14-16H2,2H3,(H,26,31)(H,28,29). The van der Waals surface area contributed by atoms with Crippen LogP contribution in [0.1, 0.15) is 36.8 Å². The summed E-state index contributed by atoms with van der Waals surface area (Å²) in [4.78, 5) is 38.0. The van der Waals surface area contributed by atoms with Crippen molar-refractivity contribution in [3.05, 3.63) is 59.7 Å². The van der Waals surface area contributed by atoms with Crippen molar-refractivity contribution in [1.29, 1.82) is 0 Å². The van der Waals surface area contributed by atoms with Crippen LogP contribution >= 0.6 is 0 Å². The number of carbonyl (C=O) groups is 3. The second kappa shape index (κ2) is 10.5. The molecule has 1 aliphatic rings. The van der Waals surface area contributed by atoms with Crippen molar-refractivity contribution in [2.24, 2.45) is 0 Å². The highest BCUT2D eigenvalue weighted by molar-refractivity contribution is 5.89. The molecule has 1 atom stereocenters. The van der Waals surface area contributed by atoms with Crippen molar-refractivity contribution < 1.29 is 24.2 Å². The smallest absolute Gasteiger partial charge is 0.407 e. The van der Waals surface area contributed by atoms with E-state index in [1.54, 1.807) is 6.92 Å². The predicted octanol–water partition coefficient (Wildman–Crippen LogP) is 3.24. The highest BCUT2D eigenvalue weighted by Crippen LogP contribution is 2.44. The van der Waals surface area contributed by atoms with E-state index in [1.807, 2.05) is 48.5 Å². The van der Waals surface area contributed by atoms with Gasteiger partial charge in [0, 0.05) is 25.4 Å². The third-order valence-corrected chi connectivity index (χ3v) is 5.53. The van der Waals surface area contributed by atoms with Gasteiger partial charge in [0.05, 0.1) is 6.42 Å². The van der Waals surface area contributed by atoms with E-state index in [2.05, 4.69) is 11.2 Å². The molecule has 0 spiro atoms. The van der Waals surface area contributed by atoms with Gasteiger partial charge >= 0.3 is 12.1 Å². The molecule has 2 amide bonds. The van der Waals surface area contributed by atoms with Crippen molar-refractivity contribution in [2.45, 2.75) is 31.7 Å². The summed E-state index contributed by atoms with van der Waals surface area (Å²) in [5, 5.41) is 11.6. The molecule has 7 nitrogen and oxygen atoms in total. The lowest BCUT2D eigenvalue weighted by molar-refractivity contribution is -0.142. The molecule has 0 aromatic heterocycles. The average Bonchev–Trinajstić information content (AvgIpc) is 3.11. The van der Waals surface area contributed by atoms with Crippen molar-refractivity contribution in [2.75, 3.05) is 19.7 Å². The summed E-state index contributed by atoms with van der Waals surface area (Å²) < 4.78 is 5.45. The molecular formula is C25H26N2O5. The van der Waals surface area contributed by atoms with Crippen LogP contribution in [-0.4, -0.2) is 53.7 Å². The Balaban J connectivity index is 1.69. The van der Waals surface area contributed by atoms with Gasteiger partial charge in [-0.3, -0.25) is 9.59 Å². The molecule has 3 rings (SSSR count). The number of amides is 2. The van der Waals surface area contributed by atoms with Crippen molar-refractivity contribution in [1.82, 2.24) is 10.2 Å². The number of fused-ring (bicyclic) bond motifs is 3. The third kappa shape index (κ3) is 5.09. The molecule has 7 heteroatoms. The normalized spacial score (nSPS) is 12.8. The Kier molecular flexibility index (Phi) is 7.50. The fourth-order valence-corrected chi connectivity index (χ4v) is 4.00. The number of carboxylic acid groups (broad SMARTS) is 1. The molecule has 32 heavy (non-hydrogen) atoms. The summed E-state index contributed by atoms with van der Waals surface area (Å²) in [7, 11) is 0. The molecular weight excluding hydrogens is 408 g/mol. The van der Waals surface area contributed by atoms with Crippen LogP contribution in [0.25, 0.3) is 11.1 Å². The number of likely N-dealkylation sites (N-methyl/N-ethyl adjacent to an activating group) is 1. The zero-order valence-corrected chi connectivity index (χ0v) is 17.9. The minimum Gasteiger partial charge on any atom is -0.481 e. The molecule has 166 valence electrons. The Labute approximate surface area is 187 Å². The molecule has 0 saturated carbocycles. The van der Waals surface area contributed by atoms with Crippen LogP contribution in [0.5, 0.6) is 0 Å². The molecule has 1 unspecified atom stereocenters. The van der Waals surface area contributed by atoms with E-state index in [0.717, 1.165) is 22.3 Å². The molecule has 2 aromatic carbocycles. The minimum absolute atomic E-state index is 0.0719. The molecule has 0 bridgehead atoms. The third-order valence-electron chi connectivity index (χ3n) is 5.53. The lowest BCUT2D eigenvalue weighted by Gasteiger charge is -2.25. The number of aliphatic carboxylic acids is 1. The van der Waals surface area contributed by atoms with Crippen molar-refractivity contribution in [3.63, 3.8) is 0 Å². The lowest BCUT2D eigenvalue weighted by Crippen LogP contribution is -2.50. The molecule has 0 saturated heterocycles. The second-order valence-electron chi connectivity index (χ2n) is 7.49. The Morgan fingerprint density at radius 2 is 1.72 bits per heavy atom. The molecule has 0 aliphatic heterocycles. The molecule has 1 aliphatic carbocycles. The van der Waals surface area contributed by atoms with E-state index in [-0.39, 0.29) is 19.1 Å². The summed E-state index contributed by atoms with van der Waals surface area (Å²) in [5.41, 5.74) is 4.32. The van der Waals surface area contributed by atoms with Gasteiger partial charge in [0.2, 0.25) is 5.91 Å². The van der Waals surface area contributed by atoms with Gasteiger partial charge in [0.15, 0.2) is 0 Å². The van der Waals surface area contributed by atoms with E-state index in [9.17, 15) is 19.5 Å². The van der Waals surface area contributed by atoms with Crippen LogP contribution in [0, 0.1) is 12.3 Å². The van der Waals surface area contributed by atoms with Gasteiger partial charge in [-0.15, -0.1) is 12.3 Å². The van der Waals surface area contributed by atoms with Gasteiger partial charge in [-0.05, 0) is 29.2 Å². The predicted molar refractivity (Wildman–Crippen MR) is 120 cm³/mol. The first-order valence-electron chi connectivity index (χ1n) is 10.5. The maximum absolute atomic E-state index is 12.8. The summed E-state index contributed by atoms with van der Waals surface area (Å²) in [5.74, 6) is 0.619. The number of carboxylic acids is 1. The quantitative estimate of drug-likeness (QED) is 0.591. The molecule has 0 fully saturated rings. The topological polar surface area (TPSA) is 95.9 Å². The second-order valence-corrected chi connectivity index (χ2v) is 7.49. The number of nitrogens with one attached hydrogen (secondary N) is 1. The van der Waals surface area contributed by atoms with Crippen LogP contribution in [0.2, 0.25) is 0 Å². The van der Waals surface area contributed by atoms with Gasteiger partial charge in [0.25, 0.3) is 0 Å². The maximum Gasteiger partial charge on any atom is 0.407 e. The summed E-state index contributed by atoms with van der Waals surface area (Å²) in [6, 6.07) is 14.6. The number of hydrogen-bond acceptors (Lipinski definition) is 4. The number of alkyl carbamates (subject to hydrolysis) is 1. The van der Waals surface area contributed by atoms with Gasteiger partial charge in [-0.1, -0.05) is 48.5 Å². The van der Waals surface area contributed by atoms with E-state index >= 15 is 0 Å².